The maximum atomic E-state index is 13.3. The third-order valence-corrected chi connectivity index (χ3v) is 8.05. The second kappa shape index (κ2) is 10.8. The first-order chi connectivity index (χ1) is 17.1. The van der Waals surface area contributed by atoms with Gasteiger partial charge in [-0.15, -0.1) is 0 Å². The number of amides is 2. The van der Waals surface area contributed by atoms with Crippen molar-refractivity contribution in [2.75, 3.05) is 44.2 Å². The zero-order chi connectivity index (χ0) is 24.2. The van der Waals surface area contributed by atoms with E-state index in [1.165, 1.54) is 62.5 Å². The van der Waals surface area contributed by atoms with Crippen molar-refractivity contribution in [1.29, 1.82) is 0 Å². The number of nitrogens with zero attached hydrogens (tertiary/aromatic N) is 3. The van der Waals surface area contributed by atoms with Gasteiger partial charge in [0.2, 0.25) is 11.8 Å². The van der Waals surface area contributed by atoms with Crippen LogP contribution in [-0.4, -0.2) is 66.9 Å². The fourth-order valence-corrected chi connectivity index (χ4v) is 6.06. The number of anilines is 1. The average molecular weight is 475 g/mol. The highest BCUT2D eigenvalue weighted by molar-refractivity contribution is 5.88. The number of nitrogens with one attached hydrogen (secondary N) is 1. The first-order valence-electron chi connectivity index (χ1n) is 13.3. The minimum atomic E-state index is -0.629. The van der Waals surface area contributed by atoms with Crippen molar-refractivity contribution in [3.63, 3.8) is 0 Å². The first kappa shape index (κ1) is 23.9. The molecule has 2 heterocycles. The number of carbonyl (C=O) groups excluding carboxylic acids is 2. The molecule has 1 saturated heterocycles. The Kier molecular flexibility index (Phi) is 7.37. The van der Waals surface area contributed by atoms with Crippen molar-refractivity contribution < 1.29 is 9.59 Å². The van der Waals surface area contributed by atoms with Crippen LogP contribution in [0.4, 0.5) is 5.69 Å². The molecule has 1 atom stereocenters. The van der Waals surface area contributed by atoms with Gasteiger partial charge in [0.1, 0.15) is 6.04 Å². The molecule has 2 aliphatic heterocycles. The van der Waals surface area contributed by atoms with E-state index in [0.717, 1.165) is 37.5 Å². The summed E-state index contributed by atoms with van der Waals surface area (Å²) in [5.41, 5.74) is 5.10. The predicted octanol–water partition coefficient (Wildman–Crippen LogP) is 3.56. The molecule has 1 saturated carbocycles. The van der Waals surface area contributed by atoms with Crippen LogP contribution in [0, 0.1) is 0 Å². The van der Waals surface area contributed by atoms with Gasteiger partial charge in [-0.3, -0.25) is 14.5 Å². The zero-order valence-electron chi connectivity index (χ0n) is 20.9. The van der Waals surface area contributed by atoms with E-state index in [4.69, 9.17) is 0 Å². The maximum absolute atomic E-state index is 13.3. The van der Waals surface area contributed by atoms with Crippen molar-refractivity contribution in [1.82, 2.24) is 15.1 Å². The number of carbonyl (C=O) groups is 2. The minimum absolute atomic E-state index is 0.0278. The van der Waals surface area contributed by atoms with Crippen LogP contribution in [0.5, 0.6) is 0 Å². The molecule has 3 aliphatic rings. The largest absolute Gasteiger partial charge is 0.368 e. The second-order valence-corrected chi connectivity index (χ2v) is 10.3. The molecular formula is C29H38N4O2. The van der Waals surface area contributed by atoms with E-state index in [1.54, 1.807) is 0 Å². The fourth-order valence-electron chi connectivity index (χ4n) is 6.06. The maximum Gasteiger partial charge on any atom is 0.249 e. The predicted molar refractivity (Wildman–Crippen MR) is 139 cm³/mol. The van der Waals surface area contributed by atoms with E-state index in [-0.39, 0.29) is 11.8 Å². The highest BCUT2D eigenvalue weighted by Crippen LogP contribution is 2.28. The number of hydrogen-bond donors (Lipinski definition) is 1. The van der Waals surface area contributed by atoms with Crippen LogP contribution in [-0.2, 0) is 22.4 Å². The Bertz CT molecular complexity index is 1030. The van der Waals surface area contributed by atoms with Gasteiger partial charge >= 0.3 is 0 Å². The third kappa shape index (κ3) is 5.53. The van der Waals surface area contributed by atoms with Crippen LogP contribution in [0.2, 0.25) is 0 Å². The van der Waals surface area contributed by atoms with Crippen LogP contribution in [0.25, 0.3) is 0 Å². The third-order valence-electron chi connectivity index (χ3n) is 8.05. The van der Waals surface area contributed by atoms with Gasteiger partial charge in [0, 0.05) is 57.9 Å². The lowest BCUT2D eigenvalue weighted by molar-refractivity contribution is -0.136. The van der Waals surface area contributed by atoms with Gasteiger partial charge in [-0.2, -0.15) is 0 Å². The van der Waals surface area contributed by atoms with E-state index >= 15 is 0 Å². The Morgan fingerprint density at radius 1 is 0.857 bits per heavy atom. The van der Waals surface area contributed by atoms with Crippen molar-refractivity contribution in [2.24, 2.45) is 0 Å². The van der Waals surface area contributed by atoms with Gasteiger partial charge in [0.15, 0.2) is 0 Å². The van der Waals surface area contributed by atoms with Crippen molar-refractivity contribution in [3.8, 4) is 0 Å². The Morgan fingerprint density at radius 3 is 2.23 bits per heavy atom. The quantitative estimate of drug-likeness (QED) is 0.720. The molecule has 0 radical (unpaired) electrons. The summed E-state index contributed by atoms with van der Waals surface area (Å²) in [6, 6.07) is 16.7. The van der Waals surface area contributed by atoms with Crippen LogP contribution in [0.1, 0.15) is 55.3 Å². The van der Waals surface area contributed by atoms with Gasteiger partial charge in [-0.1, -0.05) is 49.2 Å². The molecule has 2 aromatic carbocycles. The lowest BCUT2D eigenvalue weighted by Crippen LogP contribution is -2.52. The monoisotopic (exact) mass is 474 g/mol. The van der Waals surface area contributed by atoms with Gasteiger partial charge in [-0.05, 0) is 54.5 Å². The number of piperazine rings is 1. The summed E-state index contributed by atoms with van der Waals surface area (Å²) in [5, 5.41) is 2.85. The zero-order valence-corrected chi connectivity index (χ0v) is 20.9. The van der Waals surface area contributed by atoms with Gasteiger partial charge in [-0.25, -0.2) is 0 Å². The van der Waals surface area contributed by atoms with Gasteiger partial charge in [0.25, 0.3) is 0 Å². The van der Waals surface area contributed by atoms with E-state index in [1.807, 2.05) is 35.2 Å². The standard InChI is InChI=1S/C29H38N4O2/c1-22(34)30-28(24-7-3-2-4-8-24)29(35)33-19-17-32(18-20-33)27-12-11-23-13-15-31(16-14-25(23)21-27)26-9-5-6-10-26/h2-4,7-8,11-12,21,26,28H,5-6,9-10,13-20H2,1H3,(H,30,34)/t28-/m1/s1. The Hall–Kier alpha value is -2.86. The van der Waals surface area contributed by atoms with E-state index in [9.17, 15) is 9.59 Å². The molecule has 5 rings (SSSR count). The molecule has 0 bridgehead atoms. The summed E-state index contributed by atoms with van der Waals surface area (Å²) in [7, 11) is 0. The second-order valence-electron chi connectivity index (χ2n) is 10.3. The molecule has 186 valence electrons. The fraction of sp³-hybridized carbons (Fsp3) is 0.517. The van der Waals surface area contributed by atoms with E-state index in [0.29, 0.717) is 13.1 Å². The number of fused-ring (bicyclic) bond motifs is 1. The number of rotatable bonds is 5. The van der Waals surface area contributed by atoms with Gasteiger partial charge < -0.3 is 15.1 Å². The van der Waals surface area contributed by atoms with E-state index in [2.05, 4.69) is 33.3 Å². The van der Waals surface area contributed by atoms with E-state index < -0.39 is 6.04 Å². The number of benzene rings is 2. The molecule has 2 amide bonds. The molecule has 2 fully saturated rings. The van der Waals surface area contributed by atoms with Crippen molar-refractivity contribution in [2.45, 2.75) is 57.5 Å². The normalized spacial score (nSPS) is 20.3. The first-order valence-corrected chi connectivity index (χ1v) is 13.3. The van der Waals surface area contributed by atoms with Gasteiger partial charge in [0.05, 0.1) is 0 Å². The molecule has 35 heavy (non-hydrogen) atoms. The number of hydrogen-bond acceptors (Lipinski definition) is 4. The Balaban J connectivity index is 1.21. The minimum Gasteiger partial charge on any atom is -0.368 e. The van der Waals surface area contributed by atoms with Crippen molar-refractivity contribution >= 4 is 17.5 Å². The van der Waals surface area contributed by atoms with Crippen LogP contribution in [0.15, 0.2) is 48.5 Å². The summed E-state index contributed by atoms with van der Waals surface area (Å²) in [6.07, 6.45) is 7.81. The highest BCUT2D eigenvalue weighted by Gasteiger charge is 2.30. The highest BCUT2D eigenvalue weighted by atomic mass is 16.2. The summed E-state index contributed by atoms with van der Waals surface area (Å²) < 4.78 is 0. The molecule has 0 spiro atoms. The summed E-state index contributed by atoms with van der Waals surface area (Å²) in [4.78, 5) is 32.2. The Labute approximate surface area is 209 Å². The molecule has 2 aromatic rings. The molecule has 6 nitrogen and oxygen atoms in total. The lowest BCUT2D eigenvalue weighted by Gasteiger charge is -2.38. The average Bonchev–Trinajstić information content (AvgIpc) is 3.34. The van der Waals surface area contributed by atoms with Crippen LogP contribution in [0.3, 0.4) is 0 Å². The van der Waals surface area contributed by atoms with Crippen LogP contribution >= 0.6 is 0 Å². The smallest absolute Gasteiger partial charge is 0.249 e. The molecule has 1 N–H and O–H groups in total. The van der Waals surface area contributed by atoms with Crippen LogP contribution < -0.4 is 10.2 Å². The molecular weight excluding hydrogens is 436 g/mol. The summed E-state index contributed by atoms with van der Waals surface area (Å²) in [5.74, 6) is -0.220. The SMILES string of the molecule is CC(=O)N[C@@H](C(=O)N1CCN(c2ccc3c(c2)CCN(C2CCCC2)CC3)CC1)c1ccccc1. The molecule has 0 aromatic heterocycles. The van der Waals surface area contributed by atoms with Crippen molar-refractivity contribution in [3.05, 3.63) is 65.2 Å². The molecule has 1 aliphatic carbocycles. The Morgan fingerprint density at radius 2 is 1.54 bits per heavy atom. The summed E-state index contributed by atoms with van der Waals surface area (Å²) >= 11 is 0. The molecule has 0 unspecified atom stereocenters. The lowest BCUT2D eigenvalue weighted by atomic mass is 10.0. The molecule has 6 heteroatoms. The topological polar surface area (TPSA) is 55.9 Å². The summed E-state index contributed by atoms with van der Waals surface area (Å²) in [6.45, 7) is 6.76.